The van der Waals surface area contributed by atoms with Crippen molar-refractivity contribution in [2.45, 2.75) is 32.0 Å². The lowest BCUT2D eigenvalue weighted by atomic mass is 10.1. The smallest absolute Gasteiger partial charge is 0.251 e. The van der Waals surface area contributed by atoms with Gasteiger partial charge in [-0.1, -0.05) is 35.9 Å². The van der Waals surface area contributed by atoms with Crippen molar-refractivity contribution in [3.05, 3.63) is 94.0 Å². The van der Waals surface area contributed by atoms with Crippen LogP contribution in [0, 0.1) is 0 Å². The number of nitrogens with one attached hydrogen (secondary N) is 2. The van der Waals surface area contributed by atoms with Crippen molar-refractivity contribution in [1.29, 1.82) is 0 Å². The highest BCUT2D eigenvalue weighted by Gasteiger charge is 2.23. The van der Waals surface area contributed by atoms with E-state index in [2.05, 4.69) is 10.6 Å². The van der Waals surface area contributed by atoms with Gasteiger partial charge < -0.3 is 20.1 Å². The predicted octanol–water partition coefficient (Wildman–Crippen LogP) is 4.75. The van der Waals surface area contributed by atoms with E-state index in [0.29, 0.717) is 46.8 Å². The number of carbonyl (C=O) groups excluding carboxylic acids is 2. The number of hydrogen-bond acceptors (Lipinski definition) is 4. The van der Waals surface area contributed by atoms with Crippen LogP contribution in [0.5, 0.6) is 11.5 Å². The average molecular weight is 465 g/mol. The Morgan fingerprint density at radius 3 is 2.21 bits per heavy atom. The fourth-order valence-electron chi connectivity index (χ4n) is 3.22. The standard InChI is InChI=1S/C26H25ClN2O4/c1-32-24-14-20(8-13-23(24)33-16-18-4-9-21(27)10-5-18)25(30)28-15-17-2-6-19(7-3-17)26(31)29-22-11-12-22/h2-10,13-14,22H,11-12,15-16H2,1H3,(H,28,30)(H,29,31). The van der Waals surface area contributed by atoms with Gasteiger partial charge in [-0.2, -0.15) is 0 Å². The molecular formula is C26H25ClN2O4. The minimum absolute atomic E-state index is 0.0569. The van der Waals surface area contributed by atoms with Crippen molar-refractivity contribution in [2.75, 3.05) is 7.11 Å². The summed E-state index contributed by atoms with van der Waals surface area (Å²) >= 11 is 5.91. The summed E-state index contributed by atoms with van der Waals surface area (Å²) in [5, 5.41) is 6.52. The van der Waals surface area contributed by atoms with E-state index in [1.165, 1.54) is 7.11 Å². The van der Waals surface area contributed by atoms with Gasteiger partial charge >= 0.3 is 0 Å². The minimum atomic E-state index is -0.229. The van der Waals surface area contributed by atoms with Gasteiger partial charge in [-0.15, -0.1) is 0 Å². The minimum Gasteiger partial charge on any atom is -0.493 e. The Bertz CT molecular complexity index is 1130. The zero-order chi connectivity index (χ0) is 23.2. The number of rotatable bonds is 9. The maximum atomic E-state index is 12.6. The summed E-state index contributed by atoms with van der Waals surface area (Å²) in [6.45, 7) is 0.703. The number of hydrogen-bond donors (Lipinski definition) is 2. The fourth-order valence-corrected chi connectivity index (χ4v) is 3.35. The summed E-state index contributed by atoms with van der Waals surface area (Å²) in [5.74, 6) is 0.735. The van der Waals surface area contributed by atoms with E-state index in [0.717, 1.165) is 24.0 Å². The van der Waals surface area contributed by atoms with Gasteiger partial charge in [-0.05, 0) is 66.4 Å². The van der Waals surface area contributed by atoms with Crippen LogP contribution in [0.15, 0.2) is 66.7 Å². The van der Waals surface area contributed by atoms with Crippen molar-refractivity contribution >= 4 is 23.4 Å². The molecule has 0 bridgehead atoms. The summed E-state index contributed by atoms with van der Waals surface area (Å²) in [6, 6.07) is 20.0. The Balaban J connectivity index is 1.32. The molecular weight excluding hydrogens is 440 g/mol. The van der Waals surface area contributed by atoms with E-state index >= 15 is 0 Å². The van der Waals surface area contributed by atoms with Gasteiger partial charge in [-0.3, -0.25) is 9.59 Å². The Kier molecular flexibility index (Phi) is 7.15. The van der Waals surface area contributed by atoms with Crippen LogP contribution in [0.1, 0.15) is 44.7 Å². The van der Waals surface area contributed by atoms with Crippen LogP contribution >= 0.6 is 11.6 Å². The normalized spacial score (nSPS) is 12.7. The molecule has 1 aliphatic carbocycles. The highest BCUT2D eigenvalue weighted by Crippen LogP contribution is 2.29. The van der Waals surface area contributed by atoms with Gasteiger partial charge in [0.1, 0.15) is 6.61 Å². The topological polar surface area (TPSA) is 76.7 Å². The SMILES string of the molecule is COc1cc(C(=O)NCc2ccc(C(=O)NC3CC3)cc2)ccc1OCc1ccc(Cl)cc1. The second kappa shape index (κ2) is 10.4. The van der Waals surface area contributed by atoms with Gasteiger partial charge in [0.15, 0.2) is 11.5 Å². The molecule has 0 saturated heterocycles. The highest BCUT2D eigenvalue weighted by atomic mass is 35.5. The first-order valence-corrected chi connectivity index (χ1v) is 11.1. The van der Waals surface area contributed by atoms with Crippen LogP contribution in [-0.2, 0) is 13.2 Å². The lowest BCUT2D eigenvalue weighted by molar-refractivity contribution is 0.0941. The van der Waals surface area contributed by atoms with Crippen molar-refractivity contribution in [1.82, 2.24) is 10.6 Å². The van der Waals surface area contributed by atoms with E-state index < -0.39 is 0 Å². The number of benzene rings is 3. The van der Waals surface area contributed by atoms with E-state index in [1.54, 1.807) is 42.5 Å². The maximum Gasteiger partial charge on any atom is 0.251 e. The molecule has 4 rings (SSSR count). The lowest BCUT2D eigenvalue weighted by Crippen LogP contribution is -2.25. The van der Waals surface area contributed by atoms with Crippen molar-refractivity contribution in [3.8, 4) is 11.5 Å². The monoisotopic (exact) mass is 464 g/mol. The third-order valence-electron chi connectivity index (χ3n) is 5.32. The lowest BCUT2D eigenvalue weighted by Gasteiger charge is -2.13. The summed E-state index contributed by atoms with van der Waals surface area (Å²) in [6.07, 6.45) is 2.10. The molecule has 0 aromatic heterocycles. The number of carbonyl (C=O) groups is 2. The Labute approximate surface area is 197 Å². The Hall–Kier alpha value is -3.51. The van der Waals surface area contributed by atoms with Crippen molar-refractivity contribution < 1.29 is 19.1 Å². The molecule has 7 heteroatoms. The third kappa shape index (κ3) is 6.26. The zero-order valence-corrected chi connectivity index (χ0v) is 19.0. The number of amides is 2. The van der Waals surface area contributed by atoms with Crippen LogP contribution in [-0.4, -0.2) is 25.0 Å². The van der Waals surface area contributed by atoms with Gasteiger partial charge in [0.2, 0.25) is 0 Å². The Morgan fingerprint density at radius 1 is 0.879 bits per heavy atom. The molecule has 1 saturated carbocycles. The summed E-state index contributed by atoms with van der Waals surface area (Å²) < 4.78 is 11.3. The molecule has 33 heavy (non-hydrogen) atoms. The van der Waals surface area contributed by atoms with Crippen LogP contribution in [0.3, 0.4) is 0 Å². The van der Waals surface area contributed by atoms with E-state index in [9.17, 15) is 9.59 Å². The first-order valence-electron chi connectivity index (χ1n) is 10.7. The summed E-state index contributed by atoms with van der Waals surface area (Å²) in [5.41, 5.74) is 2.96. The van der Waals surface area contributed by atoms with Crippen molar-refractivity contribution in [3.63, 3.8) is 0 Å². The van der Waals surface area contributed by atoms with Crippen molar-refractivity contribution in [2.24, 2.45) is 0 Å². The van der Waals surface area contributed by atoms with Gasteiger partial charge in [0.25, 0.3) is 11.8 Å². The van der Waals surface area contributed by atoms with Crippen LogP contribution in [0.4, 0.5) is 0 Å². The first kappa shape index (κ1) is 22.7. The molecule has 0 radical (unpaired) electrons. The second-order valence-corrected chi connectivity index (χ2v) is 8.34. The second-order valence-electron chi connectivity index (χ2n) is 7.91. The molecule has 3 aromatic carbocycles. The highest BCUT2D eigenvalue weighted by molar-refractivity contribution is 6.30. The van der Waals surface area contributed by atoms with Gasteiger partial charge in [0.05, 0.1) is 7.11 Å². The molecule has 0 spiro atoms. The summed E-state index contributed by atoms with van der Waals surface area (Å²) in [4.78, 5) is 24.7. The quantitative estimate of drug-likeness (QED) is 0.479. The zero-order valence-electron chi connectivity index (χ0n) is 18.3. The van der Waals surface area contributed by atoms with E-state index in [-0.39, 0.29) is 11.8 Å². The molecule has 3 aromatic rings. The van der Waals surface area contributed by atoms with Gasteiger partial charge in [-0.25, -0.2) is 0 Å². The van der Waals surface area contributed by atoms with Gasteiger partial charge in [0, 0.05) is 28.7 Å². The predicted molar refractivity (Wildman–Crippen MR) is 127 cm³/mol. The van der Waals surface area contributed by atoms with E-state index in [1.807, 2.05) is 24.3 Å². The molecule has 0 aliphatic heterocycles. The van der Waals surface area contributed by atoms with E-state index in [4.69, 9.17) is 21.1 Å². The average Bonchev–Trinajstić information content (AvgIpc) is 3.66. The molecule has 170 valence electrons. The molecule has 0 unspecified atom stereocenters. The maximum absolute atomic E-state index is 12.6. The number of halogens is 1. The largest absolute Gasteiger partial charge is 0.493 e. The molecule has 0 heterocycles. The number of methoxy groups -OCH3 is 1. The van der Waals surface area contributed by atoms with Crippen LogP contribution < -0.4 is 20.1 Å². The van der Waals surface area contributed by atoms with Crippen LogP contribution in [0.2, 0.25) is 5.02 Å². The molecule has 0 atom stereocenters. The molecule has 2 N–H and O–H groups in total. The summed E-state index contributed by atoms with van der Waals surface area (Å²) in [7, 11) is 1.53. The molecule has 1 aliphatic rings. The van der Waals surface area contributed by atoms with Crippen LogP contribution in [0.25, 0.3) is 0 Å². The first-order chi connectivity index (χ1) is 16.0. The molecule has 2 amide bonds. The third-order valence-corrected chi connectivity index (χ3v) is 5.57. The molecule has 1 fully saturated rings. The Morgan fingerprint density at radius 2 is 1.55 bits per heavy atom. The number of ether oxygens (including phenoxy) is 2. The fraction of sp³-hybridized carbons (Fsp3) is 0.231. The molecule has 6 nitrogen and oxygen atoms in total.